The van der Waals surface area contributed by atoms with Gasteiger partial charge in [-0.3, -0.25) is 19.5 Å². The Morgan fingerprint density at radius 2 is 2.00 bits per heavy atom. The zero-order chi connectivity index (χ0) is 25.8. The van der Waals surface area contributed by atoms with Crippen molar-refractivity contribution >= 4 is 27.5 Å². The summed E-state index contributed by atoms with van der Waals surface area (Å²) in [6.07, 6.45) is 2.63. The van der Waals surface area contributed by atoms with Gasteiger partial charge in [0.25, 0.3) is 0 Å². The number of aliphatic hydroxyl groups is 1. The van der Waals surface area contributed by atoms with Crippen LogP contribution >= 0.6 is 11.3 Å². The molecule has 188 valence electrons. The molecule has 0 fully saturated rings. The Morgan fingerprint density at radius 1 is 1.25 bits per heavy atom. The van der Waals surface area contributed by atoms with E-state index >= 15 is 0 Å². The van der Waals surface area contributed by atoms with Gasteiger partial charge in [0.05, 0.1) is 22.3 Å². The molecule has 1 aromatic carbocycles. The number of rotatable bonds is 9. The molecule has 4 aromatic rings. The number of aliphatic hydroxyl groups excluding tert-OH is 1. The molecule has 1 amide bonds. The number of halogens is 1. The molecule has 1 atom stereocenters. The number of aromatic nitrogens is 2. The van der Waals surface area contributed by atoms with E-state index in [4.69, 9.17) is 0 Å². The quantitative estimate of drug-likeness (QED) is 0.362. The molecule has 4 rings (SSSR count). The average Bonchev–Trinajstić information content (AvgIpc) is 3.18. The standard InChI is InChI=1S/C27H29FN4O3S/c1-17-23(16-31(2)15-22(33)21-6-4-5-11-29-21)36-27-25(17)32(3)14-19(26(27)35)12-24(34)30-13-18-7-9-20(28)10-8-18/h4-11,14,22,33H,12-13,15-16H2,1-3H3,(H,30,34)/t22-/m1/s1. The number of nitrogens with one attached hydrogen (secondary N) is 1. The molecule has 36 heavy (non-hydrogen) atoms. The number of hydrogen-bond donors (Lipinski definition) is 2. The number of carbonyl (C=O) groups is 1. The Kier molecular flexibility index (Phi) is 7.93. The molecule has 0 aliphatic carbocycles. The molecule has 0 radical (unpaired) electrons. The third-order valence-electron chi connectivity index (χ3n) is 6.10. The van der Waals surface area contributed by atoms with E-state index in [1.54, 1.807) is 30.6 Å². The first-order valence-electron chi connectivity index (χ1n) is 11.6. The van der Waals surface area contributed by atoms with Gasteiger partial charge in [-0.25, -0.2) is 4.39 Å². The highest BCUT2D eigenvalue weighted by Gasteiger charge is 2.19. The Bertz CT molecular complexity index is 1420. The van der Waals surface area contributed by atoms with E-state index in [1.165, 1.54) is 23.5 Å². The molecule has 3 heterocycles. The summed E-state index contributed by atoms with van der Waals surface area (Å²) in [5.41, 5.74) is 3.55. The van der Waals surface area contributed by atoms with Crippen molar-refractivity contribution in [2.24, 2.45) is 7.05 Å². The Labute approximate surface area is 212 Å². The zero-order valence-electron chi connectivity index (χ0n) is 20.5. The lowest BCUT2D eigenvalue weighted by molar-refractivity contribution is -0.120. The minimum Gasteiger partial charge on any atom is -0.385 e. The number of benzene rings is 1. The number of aryl methyl sites for hydroxylation is 2. The summed E-state index contributed by atoms with van der Waals surface area (Å²) in [6, 6.07) is 11.4. The zero-order valence-corrected chi connectivity index (χ0v) is 21.3. The van der Waals surface area contributed by atoms with Crippen molar-refractivity contribution in [2.75, 3.05) is 13.6 Å². The summed E-state index contributed by atoms with van der Waals surface area (Å²) >= 11 is 1.43. The molecule has 0 spiro atoms. The lowest BCUT2D eigenvalue weighted by Crippen LogP contribution is -2.27. The number of pyridine rings is 2. The number of hydrogen-bond acceptors (Lipinski definition) is 6. The minimum absolute atomic E-state index is 0.0355. The van der Waals surface area contributed by atoms with Crippen LogP contribution in [0.1, 0.15) is 33.4 Å². The number of nitrogens with zero attached hydrogens (tertiary/aromatic N) is 3. The number of carbonyl (C=O) groups excluding carboxylic acids is 1. The topological polar surface area (TPSA) is 87.5 Å². The van der Waals surface area contributed by atoms with Gasteiger partial charge in [-0.15, -0.1) is 11.3 Å². The predicted molar refractivity (Wildman–Crippen MR) is 139 cm³/mol. The number of thiophene rings is 1. The van der Waals surface area contributed by atoms with Crippen LogP contribution in [0.3, 0.4) is 0 Å². The Morgan fingerprint density at radius 3 is 2.69 bits per heavy atom. The maximum absolute atomic E-state index is 13.3. The summed E-state index contributed by atoms with van der Waals surface area (Å²) in [7, 11) is 3.80. The first-order valence-corrected chi connectivity index (χ1v) is 12.4. The smallest absolute Gasteiger partial charge is 0.224 e. The van der Waals surface area contributed by atoms with Gasteiger partial charge in [0.15, 0.2) is 0 Å². The fraction of sp³-hybridized carbons (Fsp3) is 0.296. The van der Waals surface area contributed by atoms with E-state index in [-0.39, 0.29) is 30.1 Å². The molecule has 0 aliphatic rings. The van der Waals surface area contributed by atoms with E-state index in [0.29, 0.717) is 29.0 Å². The normalized spacial score (nSPS) is 12.3. The van der Waals surface area contributed by atoms with Gasteiger partial charge in [-0.2, -0.15) is 0 Å². The maximum Gasteiger partial charge on any atom is 0.224 e. The lowest BCUT2D eigenvalue weighted by atomic mass is 10.1. The van der Waals surface area contributed by atoms with Crippen molar-refractivity contribution in [2.45, 2.75) is 32.5 Å². The van der Waals surface area contributed by atoms with Crippen LogP contribution in [0.25, 0.3) is 10.2 Å². The number of amides is 1. The summed E-state index contributed by atoms with van der Waals surface area (Å²) in [4.78, 5) is 33.0. The number of fused-ring (bicyclic) bond motifs is 1. The summed E-state index contributed by atoms with van der Waals surface area (Å²) in [5, 5.41) is 13.3. The SMILES string of the molecule is Cc1c(CN(C)C[C@@H](O)c2ccccn2)sc2c(=O)c(CC(=O)NCc3ccc(F)cc3)cn(C)c12. The van der Waals surface area contributed by atoms with Crippen LogP contribution in [0.5, 0.6) is 0 Å². The van der Waals surface area contributed by atoms with Gasteiger partial charge >= 0.3 is 0 Å². The van der Waals surface area contributed by atoms with E-state index < -0.39 is 6.10 Å². The van der Waals surface area contributed by atoms with Gasteiger partial charge in [-0.1, -0.05) is 18.2 Å². The van der Waals surface area contributed by atoms with Crippen LogP contribution in [-0.4, -0.2) is 39.1 Å². The Balaban J connectivity index is 1.47. The van der Waals surface area contributed by atoms with Crippen LogP contribution in [0.2, 0.25) is 0 Å². The van der Waals surface area contributed by atoms with Crippen LogP contribution in [0.4, 0.5) is 4.39 Å². The molecule has 0 bridgehead atoms. The Hall–Kier alpha value is -3.40. The average molecular weight is 509 g/mol. The van der Waals surface area contributed by atoms with Gasteiger partial charge < -0.3 is 15.0 Å². The second-order valence-electron chi connectivity index (χ2n) is 8.97. The van der Waals surface area contributed by atoms with Crippen LogP contribution < -0.4 is 10.7 Å². The molecule has 0 saturated carbocycles. The van der Waals surface area contributed by atoms with Crippen LogP contribution in [-0.2, 0) is 31.4 Å². The van der Waals surface area contributed by atoms with Crippen molar-refractivity contribution in [1.82, 2.24) is 19.8 Å². The third-order valence-corrected chi connectivity index (χ3v) is 7.36. The summed E-state index contributed by atoms with van der Waals surface area (Å²) < 4.78 is 15.6. The molecular weight excluding hydrogens is 479 g/mol. The fourth-order valence-corrected chi connectivity index (χ4v) is 5.62. The van der Waals surface area contributed by atoms with Gasteiger partial charge in [0, 0.05) is 49.5 Å². The van der Waals surface area contributed by atoms with Gasteiger partial charge in [-0.05, 0) is 49.4 Å². The van der Waals surface area contributed by atoms with Crippen molar-refractivity contribution in [3.8, 4) is 0 Å². The van der Waals surface area contributed by atoms with Crippen molar-refractivity contribution < 1.29 is 14.3 Å². The predicted octanol–water partition coefficient (Wildman–Crippen LogP) is 3.47. The first-order chi connectivity index (χ1) is 17.2. The summed E-state index contributed by atoms with van der Waals surface area (Å²) in [5.74, 6) is -0.601. The van der Waals surface area contributed by atoms with Gasteiger partial charge in [0.1, 0.15) is 11.9 Å². The molecule has 3 aromatic heterocycles. The molecule has 7 nitrogen and oxygen atoms in total. The van der Waals surface area contributed by atoms with Crippen LogP contribution in [0.15, 0.2) is 59.7 Å². The molecular formula is C27H29FN4O3S. The molecule has 0 saturated heterocycles. The van der Waals surface area contributed by atoms with Crippen molar-refractivity contribution in [3.63, 3.8) is 0 Å². The highest BCUT2D eigenvalue weighted by Crippen LogP contribution is 2.30. The van der Waals surface area contributed by atoms with Gasteiger partial charge in [0.2, 0.25) is 11.3 Å². The molecule has 9 heteroatoms. The largest absolute Gasteiger partial charge is 0.385 e. The third kappa shape index (κ3) is 5.87. The lowest BCUT2D eigenvalue weighted by Gasteiger charge is -2.20. The second-order valence-corrected chi connectivity index (χ2v) is 10.1. The highest BCUT2D eigenvalue weighted by atomic mass is 32.1. The number of likely N-dealkylation sites (N-methyl/N-ethyl adjacent to an activating group) is 1. The molecule has 2 N–H and O–H groups in total. The van der Waals surface area contributed by atoms with Crippen molar-refractivity contribution in [1.29, 1.82) is 0 Å². The van der Waals surface area contributed by atoms with E-state index in [1.807, 2.05) is 42.6 Å². The summed E-state index contributed by atoms with van der Waals surface area (Å²) in [6.45, 7) is 3.23. The van der Waals surface area contributed by atoms with Crippen LogP contribution in [0, 0.1) is 12.7 Å². The maximum atomic E-state index is 13.3. The first kappa shape index (κ1) is 25.7. The van der Waals surface area contributed by atoms with E-state index in [0.717, 1.165) is 21.5 Å². The highest BCUT2D eigenvalue weighted by molar-refractivity contribution is 7.19. The van der Waals surface area contributed by atoms with Crippen molar-refractivity contribution in [3.05, 3.63) is 98.2 Å². The van der Waals surface area contributed by atoms with E-state index in [9.17, 15) is 19.1 Å². The van der Waals surface area contributed by atoms with E-state index in [2.05, 4.69) is 10.3 Å². The second kappa shape index (κ2) is 11.1. The minimum atomic E-state index is -0.711. The molecule has 0 unspecified atom stereocenters. The fourth-order valence-electron chi connectivity index (χ4n) is 4.22. The molecule has 0 aliphatic heterocycles. The monoisotopic (exact) mass is 508 g/mol.